The molecule has 1 aromatic heterocycles. The Morgan fingerprint density at radius 1 is 1.24 bits per heavy atom. The normalized spacial score (nSPS) is 29.4. The first-order valence-electron chi connectivity index (χ1n) is 13.1. The van der Waals surface area contributed by atoms with Crippen LogP contribution in [0.4, 0.5) is 4.39 Å². The van der Waals surface area contributed by atoms with Gasteiger partial charge < -0.3 is 24.5 Å². The lowest BCUT2D eigenvalue weighted by Crippen LogP contribution is -2.44. The number of esters is 1. The van der Waals surface area contributed by atoms with Crippen LogP contribution in [0.5, 0.6) is 0 Å². The van der Waals surface area contributed by atoms with Crippen molar-refractivity contribution in [3.63, 3.8) is 0 Å². The predicted octanol–water partition coefficient (Wildman–Crippen LogP) is 3.30. The fourth-order valence-electron chi connectivity index (χ4n) is 4.74. The molecule has 1 aromatic rings. The van der Waals surface area contributed by atoms with Crippen molar-refractivity contribution in [2.24, 2.45) is 11.8 Å². The molecular formula is C28H38FN3O6. The van der Waals surface area contributed by atoms with Gasteiger partial charge in [0.1, 0.15) is 24.6 Å². The molecule has 3 rings (SSSR count). The number of carbonyl (C=O) groups excluding carboxylic acids is 3. The molecule has 2 N–H and O–H groups in total. The summed E-state index contributed by atoms with van der Waals surface area (Å²) in [6.45, 7) is 8.13. The quantitative estimate of drug-likeness (QED) is 0.533. The molecule has 2 bridgehead atoms. The first kappa shape index (κ1) is 29.3. The van der Waals surface area contributed by atoms with Crippen molar-refractivity contribution in [1.29, 1.82) is 0 Å². The monoisotopic (exact) mass is 531 g/mol. The first-order valence-corrected chi connectivity index (χ1v) is 13.1. The second-order valence-corrected chi connectivity index (χ2v) is 10.3. The lowest BCUT2D eigenvalue weighted by molar-refractivity contribution is -0.158. The molecule has 1 saturated heterocycles. The summed E-state index contributed by atoms with van der Waals surface area (Å²) >= 11 is 0. The lowest BCUT2D eigenvalue weighted by atomic mass is 9.94. The summed E-state index contributed by atoms with van der Waals surface area (Å²) in [5.41, 5.74) is 0.710. The summed E-state index contributed by atoms with van der Waals surface area (Å²) in [6, 6.07) is -0.768. The molecule has 0 saturated carbocycles. The molecule has 0 radical (unpaired) electrons. The number of rotatable bonds is 1. The Morgan fingerprint density at radius 2 is 2.00 bits per heavy atom. The van der Waals surface area contributed by atoms with Gasteiger partial charge in [-0.05, 0) is 31.8 Å². The number of cyclic esters (lactones) is 1. The van der Waals surface area contributed by atoms with Crippen molar-refractivity contribution in [2.45, 2.75) is 77.8 Å². The van der Waals surface area contributed by atoms with E-state index in [4.69, 9.17) is 9.15 Å². The number of amides is 2. The number of fused-ring (bicyclic) bond motifs is 3. The lowest BCUT2D eigenvalue weighted by Gasteiger charge is -2.29. The van der Waals surface area contributed by atoms with Crippen molar-refractivity contribution in [3.8, 4) is 0 Å². The summed E-state index contributed by atoms with van der Waals surface area (Å²) in [5.74, 6) is -1.51. The molecule has 38 heavy (non-hydrogen) atoms. The number of nitrogens with one attached hydrogen (secondary N) is 1. The number of hydrogen-bond acceptors (Lipinski definition) is 7. The first-order chi connectivity index (χ1) is 18.0. The molecule has 5 atom stereocenters. The van der Waals surface area contributed by atoms with E-state index in [0.717, 1.165) is 0 Å². The summed E-state index contributed by atoms with van der Waals surface area (Å²) in [6.07, 6.45) is 7.01. The van der Waals surface area contributed by atoms with Gasteiger partial charge in [-0.2, -0.15) is 0 Å². The van der Waals surface area contributed by atoms with Crippen LogP contribution >= 0.6 is 0 Å². The second-order valence-electron chi connectivity index (χ2n) is 10.3. The standard InChI is InChI=1S/C28H38FN3O6/c1-17(2)26-19(4)9-10-24(34)30-11-5-7-18(3)13-21(33)14-20(29)15-25-31-22(16-37-25)27(35)32-12-6-8-23(32)28(36)38-26/h5,7,9-10,13,16-17,19-21,23,26,33H,6,8,11-12,14-15H2,1-4H3,(H,30,34)/b7-5?,10-9+,18-13?/t19-,20-,21-,23-,26-/m1/s1. The van der Waals surface area contributed by atoms with Crippen LogP contribution in [0.25, 0.3) is 0 Å². The SMILES string of the molecule is CC1=C[C@@H](O)C[C@@H](F)Cc2nc(co2)C(=O)N2CCC[C@@H]2C(=O)O[C@H](C(C)C)[C@H](C)/C=C/C(=O)NCC=C1. The van der Waals surface area contributed by atoms with Crippen molar-refractivity contribution in [2.75, 3.05) is 13.1 Å². The Balaban J connectivity index is 1.85. The Hall–Kier alpha value is -3.27. The van der Waals surface area contributed by atoms with Gasteiger partial charge in [0.25, 0.3) is 5.91 Å². The number of carbonyl (C=O) groups is 3. The number of aromatic nitrogens is 1. The number of ether oxygens (including phenoxy) is 1. The fourth-order valence-corrected chi connectivity index (χ4v) is 4.74. The number of alkyl halides is 1. The van der Waals surface area contributed by atoms with Crippen molar-refractivity contribution in [3.05, 3.63) is 53.8 Å². The molecular weight excluding hydrogens is 493 g/mol. The van der Waals surface area contributed by atoms with Crippen LogP contribution < -0.4 is 5.32 Å². The van der Waals surface area contributed by atoms with Gasteiger partial charge in [-0.3, -0.25) is 9.59 Å². The van der Waals surface area contributed by atoms with Crippen LogP contribution in [-0.2, 0) is 20.7 Å². The fraction of sp³-hybridized carbons (Fsp3) is 0.571. The predicted molar refractivity (Wildman–Crippen MR) is 139 cm³/mol. The van der Waals surface area contributed by atoms with Crippen LogP contribution in [0.1, 0.15) is 63.3 Å². The van der Waals surface area contributed by atoms with Gasteiger partial charge in [0.2, 0.25) is 5.91 Å². The third-order valence-electron chi connectivity index (χ3n) is 6.66. The second kappa shape index (κ2) is 13.5. The summed E-state index contributed by atoms with van der Waals surface area (Å²) in [5, 5.41) is 13.0. The number of halogens is 1. The highest BCUT2D eigenvalue weighted by atomic mass is 19.1. The maximum atomic E-state index is 14.6. The molecule has 208 valence electrons. The summed E-state index contributed by atoms with van der Waals surface area (Å²) in [7, 11) is 0. The Kier molecular flexibility index (Phi) is 10.4. The third-order valence-corrected chi connectivity index (χ3v) is 6.66. The van der Waals surface area contributed by atoms with Crippen LogP contribution in [0.3, 0.4) is 0 Å². The highest BCUT2D eigenvalue weighted by Gasteiger charge is 2.38. The van der Waals surface area contributed by atoms with Crippen LogP contribution in [0.15, 0.2) is 46.6 Å². The van der Waals surface area contributed by atoms with Crippen LogP contribution in [0.2, 0.25) is 0 Å². The maximum absolute atomic E-state index is 14.6. The largest absolute Gasteiger partial charge is 0.460 e. The number of aliphatic hydroxyl groups is 1. The molecule has 9 nitrogen and oxygen atoms in total. The zero-order valence-electron chi connectivity index (χ0n) is 22.4. The van der Waals surface area contributed by atoms with E-state index in [9.17, 15) is 23.9 Å². The smallest absolute Gasteiger partial charge is 0.329 e. The van der Waals surface area contributed by atoms with E-state index in [1.165, 1.54) is 23.3 Å². The van der Waals surface area contributed by atoms with E-state index in [1.54, 1.807) is 25.2 Å². The molecule has 1 fully saturated rings. The van der Waals surface area contributed by atoms with Crippen molar-refractivity contribution < 1.29 is 33.0 Å². The van der Waals surface area contributed by atoms with Crippen LogP contribution in [0, 0.1) is 11.8 Å². The van der Waals surface area contributed by atoms with E-state index in [2.05, 4.69) is 10.3 Å². The number of oxazole rings is 1. The molecule has 2 aliphatic rings. The topological polar surface area (TPSA) is 122 Å². The van der Waals surface area contributed by atoms with Crippen molar-refractivity contribution >= 4 is 17.8 Å². The molecule has 3 heterocycles. The minimum Gasteiger partial charge on any atom is -0.460 e. The molecule has 0 spiro atoms. The Labute approximate surface area is 222 Å². The summed E-state index contributed by atoms with van der Waals surface area (Å²) < 4.78 is 25.8. The van der Waals surface area contributed by atoms with Crippen LogP contribution in [-0.4, -0.2) is 70.3 Å². The van der Waals surface area contributed by atoms with Gasteiger partial charge in [0, 0.05) is 25.4 Å². The van der Waals surface area contributed by atoms with Crippen molar-refractivity contribution in [1.82, 2.24) is 15.2 Å². The Morgan fingerprint density at radius 3 is 2.74 bits per heavy atom. The van der Waals surface area contributed by atoms with E-state index < -0.39 is 36.3 Å². The van der Waals surface area contributed by atoms with E-state index >= 15 is 0 Å². The molecule has 10 heteroatoms. The number of hydrogen-bond donors (Lipinski definition) is 2. The van der Waals surface area contributed by atoms with E-state index in [0.29, 0.717) is 25.0 Å². The van der Waals surface area contributed by atoms with Gasteiger partial charge in [0.15, 0.2) is 11.6 Å². The average molecular weight is 532 g/mol. The minimum atomic E-state index is -1.45. The number of aliphatic hydroxyl groups excluding tert-OH is 1. The average Bonchev–Trinajstić information content (AvgIpc) is 3.52. The van der Waals surface area contributed by atoms with Gasteiger partial charge in [-0.15, -0.1) is 0 Å². The molecule has 2 amide bonds. The minimum absolute atomic E-state index is 0.00515. The van der Waals surface area contributed by atoms with E-state index in [-0.39, 0.29) is 48.7 Å². The zero-order valence-corrected chi connectivity index (χ0v) is 22.4. The molecule has 0 aromatic carbocycles. The van der Waals surface area contributed by atoms with Gasteiger partial charge in [-0.25, -0.2) is 14.2 Å². The van der Waals surface area contributed by atoms with Gasteiger partial charge >= 0.3 is 5.97 Å². The van der Waals surface area contributed by atoms with Gasteiger partial charge in [0.05, 0.1) is 12.5 Å². The highest BCUT2D eigenvalue weighted by Crippen LogP contribution is 2.25. The number of allylic oxidation sites excluding steroid dienone is 2. The maximum Gasteiger partial charge on any atom is 0.329 e. The molecule has 2 aliphatic heterocycles. The highest BCUT2D eigenvalue weighted by molar-refractivity contribution is 5.95. The van der Waals surface area contributed by atoms with E-state index in [1.807, 2.05) is 20.8 Å². The molecule has 0 aliphatic carbocycles. The van der Waals surface area contributed by atoms with Gasteiger partial charge in [-0.1, -0.05) is 50.6 Å². The zero-order chi connectivity index (χ0) is 27.8. The number of nitrogens with zero attached hydrogens (tertiary/aromatic N) is 2. The summed E-state index contributed by atoms with van der Waals surface area (Å²) in [4.78, 5) is 44.1. The Bertz CT molecular complexity index is 1080. The third kappa shape index (κ3) is 8.11. The molecule has 0 unspecified atom stereocenters.